The van der Waals surface area contributed by atoms with Gasteiger partial charge in [0.1, 0.15) is 5.58 Å². The third-order valence-electron chi connectivity index (χ3n) is 10.7. The summed E-state index contributed by atoms with van der Waals surface area (Å²) in [4.78, 5) is 9.31. The van der Waals surface area contributed by atoms with Crippen molar-refractivity contribution >= 4 is 39.6 Å². The predicted molar refractivity (Wildman–Crippen MR) is 233 cm³/mol. The SMILES string of the molecule is CC(C)(C)c1ccnc(-c2[c-]c3oc4cc(-c5ccccc5)cc(-c5ccccc5)c4c3cc2)c1.[CH3][Ge]([CH3])([CH3])[c]1ccc(-c2[c-]c3c(cc2)CCCC3)nc1.[Ir]. The summed E-state index contributed by atoms with van der Waals surface area (Å²) < 4.78 is 7.92. The fourth-order valence-corrected chi connectivity index (χ4v) is 9.63. The van der Waals surface area contributed by atoms with Crippen LogP contribution >= 0.6 is 0 Å². The van der Waals surface area contributed by atoms with Gasteiger partial charge in [0.05, 0.1) is 5.58 Å². The van der Waals surface area contributed by atoms with E-state index in [0.29, 0.717) is 0 Å². The van der Waals surface area contributed by atoms with Crippen LogP contribution in [0.15, 0.2) is 138 Å². The molecular formula is C51H48GeIrN2O-2. The van der Waals surface area contributed by atoms with E-state index in [1.807, 2.05) is 18.3 Å². The average Bonchev–Trinajstić information content (AvgIpc) is 3.58. The second-order valence-electron chi connectivity index (χ2n) is 16.8. The summed E-state index contributed by atoms with van der Waals surface area (Å²) in [5.74, 6) is 7.21. The quantitative estimate of drug-likeness (QED) is 0.127. The number of nitrogens with zero attached hydrogens (tertiary/aromatic N) is 2. The van der Waals surface area contributed by atoms with Crippen LogP contribution in [0.5, 0.6) is 0 Å². The second kappa shape index (κ2) is 16.5. The van der Waals surface area contributed by atoms with Gasteiger partial charge in [0.2, 0.25) is 0 Å². The van der Waals surface area contributed by atoms with E-state index in [1.165, 1.54) is 57.9 Å². The summed E-state index contributed by atoms with van der Waals surface area (Å²) in [7, 11) is 0. The Morgan fingerprint density at radius 3 is 2.04 bits per heavy atom. The molecule has 0 amide bonds. The third kappa shape index (κ3) is 8.54. The zero-order chi connectivity index (χ0) is 38.2. The van der Waals surface area contributed by atoms with Crippen LogP contribution in [-0.4, -0.2) is 23.2 Å². The number of benzene rings is 5. The average molecular weight is 970 g/mol. The number of aromatic nitrogens is 2. The molecule has 0 saturated heterocycles. The number of hydrogen-bond donors (Lipinski definition) is 0. The summed E-state index contributed by atoms with van der Waals surface area (Å²) >= 11 is -1.75. The molecule has 3 nitrogen and oxygen atoms in total. The predicted octanol–water partition coefficient (Wildman–Crippen LogP) is 13.0. The van der Waals surface area contributed by atoms with Gasteiger partial charge in [0, 0.05) is 26.3 Å². The number of rotatable bonds is 5. The van der Waals surface area contributed by atoms with Crippen LogP contribution in [0, 0.1) is 12.1 Å². The molecule has 1 aliphatic carbocycles. The fourth-order valence-electron chi connectivity index (χ4n) is 7.46. The first-order chi connectivity index (χ1) is 26.5. The Morgan fingerprint density at radius 2 is 1.34 bits per heavy atom. The second-order valence-corrected chi connectivity index (χ2v) is 27.4. The Labute approximate surface area is 348 Å². The van der Waals surface area contributed by atoms with Gasteiger partial charge < -0.3 is 9.40 Å². The maximum atomic E-state index is 6.45. The Bertz CT molecular complexity index is 2600. The molecule has 0 atom stereocenters. The third-order valence-corrected chi connectivity index (χ3v) is 15.0. The number of aryl methyl sites for hydroxylation is 2. The first kappa shape index (κ1) is 39.6. The van der Waals surface area contributed by atoms with E-state index in [0.717, 1.165) is 55.6 Å². The van der Waals surface area contributed by atoms with Crippen LogP contribution in [0.2, 0.25) is 17.3 Å². The number of fused-ring (bicyclic) bond motifs is 4. The fraction of sp³-hybridized carbons (Fsp3) is 0.216. The van der Waals surface area contributed by atoms with Gasteiger partial charge in [-0.2, -0.15) is 0 Å². The van der Waals surface area contributed by atoms with E-state index in [2.05, 4.69) is 176 Å². The minimum Gasteiger partial charge on any atom is 0 e. The number of furan rings is 1. The van der Waals surface area contributed by atoms with Crippen LogP contribution in [0.4, 0.5) is 0 Å². The van der Waals surface area contributed by atoms with Gasteiger partial charge in [-0.3, -0.25) is 0 Å². The van der Waals surface area contributed by atoms with Crippen molar-refractivity contribution in [2.24, 2.45) is 0 Å². The zero-order valence-electron chi connectivity index (χ0n) is 33.2. The maximum absolute atomic E-state index is 6.45. The van der Waals surface area contributed by atoms with Crippen molar-refractivity contribution in [2.45, 2.75) is 69.1 Å². The maximum Gasteiger partial charge on any atom is 0 e. The minimum atomic E-state index is -1.75. The first-order valence-corrected chi connectivity index (χ1v) is 26.9. The Kier molecular flexibility index (Phi) is 11.7. The van der Waals surface area contributed by atoms with Gasteiger partial charge in [-0.1, -0.05) is 99.0 Å². The van der Waals surface area contributed by atoms with E-state index < -0.39 is 13.3 Å². The Morgan fingerprint density at radius 1 is 0.643 bits per heavy atom. The summed E-state index contributed by atoms with van der Waals surface area (Å²) in [6.45, 7) is 6.65. The molecule has 56 heavy (non-hydrogen) atoms. The largest absolute Gasteiger partial charge is 0 e. The van der Waals surface area contributed by atoms with Crippen molar-refractivity contribution in [3.63, 3.8) is 0 Å². The minimum absolute atomic E-state index is 0. The Hall–Kier alpha value is -4.61. The van der Waals surface area contributed by atoms with Crippen LogP contribution in [0.25, 0.3) is 66.7 Å². The molecule has 0 spiro atoms. The van der Waals surface area contributed by atoms with Crippen molar-refractivity contribution in [1.82, 2.24) is 9.97 Å². The standard InChI is InChI=1S/C33H26NO.C18H22GeN.Ir/c1-33(2,3)26-16-17-34-29(21-26)24-14-15-27-30(19-24)35-31-20-25(22-10-6-4-7-11-22)18-28(32(27)31)23-12-8-5-9-13-23;1-19(2,3)17-10-11-18(20-13-17)16-9-8-14-6-4-5-7-15(14)12-16;/h4-18,20-21H,1-3H3;8-11,13H,4-7H2,1-3H3;/q2*-1;. The van der Waals surface area contributed by atoms with Gasteiger partial charge >= 0.3 is 125 Å². The molecule has 0 unspecified atom stereocenters. The van der Waals surface area contributed by atoms with Crippen molar-refractivity contribution in [2.75, 3.05) is 0 Å². The molecule has 0 fully saturated rings. The summed E-state index contributed by atoms with van der Waals surface area (Å²) in [6.07, 6.45) is 8.99. The molecule has 3 aromatic heterocycles. The van der Waals surface area contributed by atoms with Crippen molar-refractivity contribution in [3.8, 4) is 44.8 Å². The van der Waals surface area contributed by atoms with Crippen LogP contribution in [0.1, 0.15) is 50.3 Å². The monoisotopic (exact) mass is 971 g/mol. The molecule has 1 radical (unpaired) electrons. The van der Waals surface area contributed by atoms with Gasteiger partial charge in [-0.25, -0.2) is 0 Å². The van der Waals surface area contributed by atoms with Crippen molar-refractivity contribution in [1.29, 1.82) is 0 Å². The smallest absolute Gasteiger partial charge is 0 e. The summed E-state index contributed by atoms with van der Waals surface area (Å²) in [5, 5.41) is 2.18. The van der Waals surface area contributed by atoms with E-state index in [4.69, 9.17) is 4.42 Å². The van der Waals surface area contributed by atoms with Crippen LogP contribution in [-0.2, 0) is 38.4 Å². The van der Waals surface area contributed by atoms with Gasteiger partial charge in [-0.05, 0) is 62.5 Å². The molecule has 5 aromatic carbocycles. The normalized spacial score (nSPS) is 12.8. The molecule has 0 saturated carbocycles. The molecule has 8 aromatic rings. The molecule has 1 aliphatic rings. The van der Waals surface area contributed by atoms with E-state index in [9.17, 15) is 0 Å². The molecule has 9 rings (SSSR count). The van der Waals surface area contributed by atoms with Crippen molar-refractivity contribution < 1.29 is 24.5 Å². The number of pyridine rings is 2. The van der Waals surface area contributed by atoms with E-state index in [-0.39, 0.29) is 25.5 Å². The van der Waals surface area contributed by atoms with E-state index >= 15 is 0 Å². The molecule has 0 bridgehead atoms. The molecule has 5 heteroatoms. The number of hydrogen-bond acceptors (Lipinski definition) is 3. The van der Waals surface area contributed by atoms with Gasteiger partial charge in [0.15, 0.2) is 0 Å². The molecule has 0 aliphatic heterocycles. The molecule has 283 valence electrons. The van der Waals surface area contributed by atoms with Crippen LogP contribution < -0.4 is 4.40 Å². The zero-order valence-corrected chi connectivity index (χ0v) is 37.7. The van der Waals surface area contributed by atoms with Crippen LogP contribution in [0.3, 0.4) is 0 Å². The topological polar surface area (TPSA) is 38.9 Å². The first-order valence-electron chi connectivity index (χ1n) is 19.5. The summed E-state index contributed by atoms with van der Waals surface area (Å²) in [5.41, 5.74) is 14.5. The van der Waals surface area contributed by atoms with Crippen molar-refractivity contribution in [3.05, 3.63) is 163 Å². The molecule has 0 N–H and O–H groups in total. The molecular weight excluding hydrogens is 921 g/mol. The van der Waals surface area contributed by atoms with Gasteiger partial charge in [0.25, 0.3) is 0 Å². The van der Waals surface area contributed by atoms with Gasteiger partial charge in [-0.15, -0.1) is 17.7 Å². The summed E-state index contributed by atoms with van der Waals surface area (Å²) in [6, 6.07) is 49.9. The Balaban J connectivity index is 0.000000195. The molecule has 3 heterocycles. The van der Waals surface area contributed by atoms with E-state index in [1.54, 1.807) is 0 Å².